The monoisotopic (exact) mass is 294 g/mol. The van der Waals surface area contributed by atoms with Gasteiger partial charge in [-0.3, -0.25) is 4.79 Å². The van der Waals surface area contributed by atoms with Gasteiger partial charge in [0.05, 0.1) is 12.1 Å². The molecule has 1 aromatic carbocycles. The van der Waals surface area contributed by atoms with Gasteiger partial charge in [0.2, 0.25) is 5.91 Å². The van der Waals surface area contributed by atoms with Crippen LogP contribution in [0.4, 0.5) is 5.69 Å². The number of ether oxygens (including phenoxy) is 3. The van der Waals surface area contributed by atoms with Crippen LogP contribution in [0.15, 0.2) is 18.2 Å². The number of fused-ring (bicyclic) bond motifs is 1. The topological polar surface area (TPSA) is 68.8 Å². The lowest BCUT2D eigenvalue weighted by Crippen LogP contribution is -2.40. The van der Waals surface area contributed by atoms with Crippen LogP contribution in [0.3, 0.4) is 0 Å². The van der Waals surface area contributed by atoms with Crippen molar-refractivity contribution in [3.63, 3.8) is 0 Å². The Labute approximate surface area is 124 Å². The number of nitrogens with one attached hydrogen (secondary N) is 2. The molecule has 2 rings (SSSR count). The summed E-state index contributed by atoms with van der Waals surface area (Å²) in [6.07, 6.45) is 0. The molecule has 0 fully saturated rings. The van der Waals surface area contributed by atoms with Crippen molar-refractivity contribution in [3.05, 3.63) is 18.2 Å². The van der Waals surface area contributed by atoms with Crippen molar-refractivity contribution < 1.29 is 19.0 Å². The van der Waals surface area contributed by atoms with Gasteiger partial charge in [0, 0.05) is 25.4 Å². The predicted octanol–water partition coefficient (Wildman–Crippen LogP) is 1.41. The Hall–Kier alpha value is -1.79. The lowest BCUT2D eigenvalue weighted by Gasteiger charge is -2.23. The number of rotatable bonds is 6. The van der Waals surface area contributed by atoms with Crippen LogP contribution in [0.2, 0.25) is 0 Å². The second kappa shape index (κ2) is 6.78. The first kappa shape index (κ1) is 15.6. The Morgan fingerprint density at radius 3 is 2.71 bits per heavy atom. The number of carbonyl (C=O) groups excluding carboxylic acids is 1. The number of anilines is 1. The second-order valence-electron chi connectivity index (χ2n) is 5.47. The molecule has 0 saturated heterocycles. The van der Waals surface area contributed by atoms with Gasteiger partial charge in [0.25, 0.3) is 0 Å². The number of carbonyl (C=O) groups is 1. The molecule has 21 heavy (non-hydrogen) atoms. The van der Waals surface area contributed by atoms with Gasteiger partial charge in [0.1, 0.15) is 13.2 Å². The van der Waals surface area contributed by atoms with Crippen molar-refractivity contribution >= 4 is 11.6 Å². The molecule has 0 atom stereocenters. The molecule has 0 saturated carbocycles. The molecule has 1 amide bonds. The van der Waals surface area contributed by atoms with Gasteiger partial charge in [-0.2, -0.15) is 0 Å². The average Bonchev–Trinajstić information content (AvgIpc) is 2.47. The third kappa shape index (κ3) is 4.61. The van der Waals surface area contributed by atoms with Crippen molar-refractivity contribution in [2.24, 2.45) is 0 Å². The van der Waals surface area contributed by atoms with E-state index < -0.39 is 0 Å². The number of hydrogen-bond donors (Lipinski definition) is 2. The summed E-state index contributed by atoms with van der Waals surface area (Å²) in [6.45, 7) is 5.81. The molecular weight excluding hydrogens is 272 g/mol. The van der Waals surface area contributed by atoms with E-state index in [1.165, 1.54) is 0 Å². The lowest BCUT2D eigenvalue weighted by molar-refractivity contribution is -0.115. The fourth-order valence-corrected chi connectivity index (χ4v) is 1.88. The van der Waals surface area contributed by atoms with Crippen molar-refractivity contribution in [2.45, 2.75) is 19.4 Å². The number of amides is 1. The van der Waals surface area contributed by atoms with Crippen LogP contribution in [0.25, 0.3) is 0 Å². The highest BCUT2D eigenvalue weighted by Crippen LogP contribution is 2.32. The van der Waals surface area contributed by atoms with Gasteiger partial charge in [-0.1, -0.05) is 0 Å². The highest BCUT2D eigenvalue weighted by molar-refractivity contribution is 5.92. The molecule has 1 heterocycles. The first-order valence-electron chi connectivity index (χ1n) is 6.95. The zero-order chi connectivity index (χ0) is 15.3. The molecule has 2 N–H and O–H groups in total. The summed E-state index contributed by atoms with van der Waals surface area (Å²) in [5.74, 6) is 1.25. The summed E-state index contributed by atoms with van der Waals surface area (Å²) >= 11 is 0. The van der Waals surface area contributed by atoms with E-state index in [0.717, 1.165) is 0 Å². The smallest absolute Gasteiger partial charge is 0.238 e. The first-order chi connectivity index (χ1) is 10.00. The van der Waals surface area contributed by atoms with Gasteiger partial charge >= 0.3 is 0 Å². The van der Waals surface area contributed by atoms with Crippen molar-refractivity contribution in [3.8, 4) is 11.5 Å². The summed E-state index contributed by atoms with van der Waals surface area (Å²) in [6, 6.07) is 5.36. The van der Waals surface area contributed by atoms with Gasteiger partial charge in [0.15, 0.2) is 11.5 Å². The minimum Gasteiger partial charge on any atom is -0.486 e. The zero-order valence-corrected chi connectivity index (χ0v) is 12.7. The zero-order valence-electron chi connectivity index (χ0n) is 12.7. The highest BCUT2D eigenvalue weighted by atomic mass is 16.6. The fourth-order valence-electron chi connectivity index (χ4n) is 1.88. The SMILES string of the molecule is COC(C)(C)CNCC(=O)Nc1ccc2c(c1)OCCO2. The van der Waals surface area contributed by atoms with Crippen LogP contribution >= 0.6 is 0 Å². The largest absolute Gasteiger partial charge is 0.486 e. The van der Waals surface area contributed by atoms with Gasteiger partial charge < -0.3 is 24.8 Å². The third-order valence-corrected chi connectivity index (χ3v) is 3.21. The number of hydrogen-bond acceptors (Lipinski definition) is 5. The maximum atomic E-state index is 11.9. The van der Waals surface area contributed by atoms with Crippen LogP contribution < -0.4 is 20.1 Å². The normalized spacial score (nSPS) is 13.9. The van der Waals surface area contributed by atoms with Gasteiger partial charge in [-0.15, -0.1) is 0 Å². The van der Waals surface area contributed by atoms with Crippen molar-refractivity contribution in [1.82, 2.24) is 5.32 Å². The quantitative estimate of drug-likeness (QED) is 0.830. The molecule has 1 aliphatic heterocycles. The van der Waals surface area contributed by atoms with E-state index in [-0.39, 0.29) is 18.1 Å². The molecule has 0 aliphatic carbocycles. The van der Waals surface area contributed by atoms with Crippen LogP contribution in [0.1, 0.15) is 13.8 Å². The van der Waals surface area contributed by atoms with E-state index >= 15 is 0 Å². The Bertz CT molecular complexity index is 502. The Kier molecular flexibility index (Phi) is 5.03. The van der Waals surface area contributed by atoms with Crippen LogP contribution in [0.5, 0.6) is 11.5 Å². The molecule has 1 aliphatic rings. The molecule has 6 nitrogen and oxygen atoms in total. The minimum atomic E-state index is -0.294. The maximum absolute atomic E-state index is 11.9. The van der Waals surface area contributed by atoms with E-state index in [9.17, 15) is 4.79 Å². The number of methoxy groups -OCH3 is 1. The lowest BCUT2D eigenvalue weighted by atomic mass is 10.1. The molecule has 0 spiro atoms. The van der Waals surface area contributed by atoms with Crippen molar-refractivity contribution in [2.75, 3.05) is 38.7 Å². The standard InChI is InChI=1S/C15H22N2O4/c1-15(2,19-3)10-16-9-14(18)17-11-4-5-12-13(8-11)21-7-6-20-12/h4-5,8,16H,6-7,9-10H2,1-3H3,(H,17,18). The summed E-state index contributed by atoms with van der Waals surface area (Å²) in [4.78, 5) is 11.9. The molecule has 0 radical (unpaired) electrons. The summed E-state index contributed by atoms with van der Waals surface area (Å²) in [5, 5.41) is 5.88. The fraction of sp³-hybridized carbons (Fsp3) is 0.533. The first-order valence-corrected chi connectivity index (χ1v) is 6.95. The summed E-state index contributed by atoms with van der Waals surface area (Å²) in [7, 11) is 1.65. The molecule has 1 aromatic rings. The van der Waals surface area contributed by atoms with Crippen molar-refractivity contribution in [1.29, 1.82) is 0 Å². The predicted molar refractivity (Wildman–Crippen MR) is 80.0 cm³/mol. The number of benzene rings is 1. The van der Waals surface area contributed by atoms with E-state index in [1.54, 1.807) is 25.3 Å². The molecule has 0 unspecified atom stereocenters. The third-order valence-electron chi connectivity index (χ3n) is 3.21. The second-order valence-corrected chi connectivity index (χ2v) is 5.47. The molecule has 6 heteroatoms. The van der Waals surface area contributed by atoms with Gasteiger partial charge in [-0.05, 0) is 26.0 Å². The van der Waals surface area contributed by atoms with E-state index in [2.05, 4.69) is 10.6 Å². The Morgan fingerprint density at radius 2 is 2.00 bits per heavy atom. The van der Waals surface area contributed by atoms with Gasteiger partial charge in [-0.25, -0.2) is 0 Å². The molecule has 0 bridgehead atoms. The summed E-state index contributed by atoms with van der Waals surface area (Å²) in [5.41, 5.74) is 0.397. The van der Waals surface area contributed by atoms with Crippen LogP contribution in [-0.2, 0) is 9.53 Å². The minimum absolute atomic E-state index is 0.112. The Balaban J connectivity index is 1.83. The van der Waals surface area contributed by atoms with E-state index in [0.29, 0.717) is 36.9 Å². The van der Waals surface area contributed by atoms with E-state index in [4.69, 9.17) is 14.2 Å². The molecular formula is C15H22N2O4. The molecule has 0 aromatic heterocycles. The molecule has 116 valence electrons. The average molecular weight is 294 g/mol. The summed E-state index contributed by atoms with van der Waals surface area (Å²) < 4.78 is 16.2. The van der Waals surface area contributed by atoms with E-state index in [1.807, 2.05) is 13.8 Å². The Morgan fingerprint density at radius 1 is 1.29 bits per heavy atom. The maximum Gasteiger partial charge on any atom is 0.238 e. The van der Waals surface area contributed by atoms with Crippen LogP contribution in [-0.4, -0.2) is 44.9 Å². The van der Waals surface area contributed by atoms with Crippen LogP contribution in [0, 0.1) is 0 Å². The highest BCUT2D eigenvalue weighted by Gasteiger charge is 2.16.